The molecule has 0 atom stereocenters. The van der Waals surface area contributed by atoms with Gasteiger partial charge in [0, 0.05) is 23.4 Å². The molecule has 4 rings (SSSR count). The highest BCUT2D eigenvalue weighted by atomic mass is 35.5. The van der Waals surface area contributed by atoms with Crippen molar-refractivity contribution >= 4 is 33.1 Å². The Bertz CT molecular complexity index is 1340. The van der Waals surface area contributed by atoms with Gasteiger partial charge < -0.3 is 15.4 Å². The van der Waals surface area contributed by atoms with Gasteiger partial charge in [-0.2, -0.15) is 0 Å². The number of benzene rings is 2. The van der Waals surface area contributed by atoms with Crippen molar-refractivity contribution in [1.29, 1.82) is 0 Å². The molecule has 3 N–H and O–H groups in total. The number of hydrogen-bond donors (Lipinski definition) is 2. The van der Waals surface area contributed by atoms with E-state index in [4.69, 9.17) is 22.1 Å². The zero-order valence-electron chi connectivity index (χ0n) is 19.4. The number of ether oxygens (including phenoxy) is 1. The number of aromatic nitrogens is 2. The third kappa shape index (κ3) is 6.59. The van der Waals surface area contributed by atoms with Crippen LogP contribution in [-0.2, 0) is 16.6 Å². The first-order chi connectivity index (χ1) is 17.2. The third-order valence-electron chi connectivity index (χ3n) is 5.82. The highest BCUT2D eigenvalue weighted by Crippen LogP contribution is 2.28. The summed E-state index contributed by atoms with van der Waals surface area (Å²) in [5, 5.41) is -0.391. The Hall–Kier alpha value is -3.02. The van der Waals surface area contributed by atoms with E-state index in [1.54, 1.807) is 24.3 Å². The van der Waals surface area contributed by atoms with E-state index in [9.17, 15) is 17.2 Å². The minimum Gasteiger partial charge on any atom is -0.470 e. The SMILES string of the molecule is Nc1ncc(-c2cccc(NS(=O)(=O)CCN3CCCCC3)c2)nc1OCc1c(F)ccc(F)c1Cl. The van der Waals surface area contributed by atoms with Crippen LogP contribution in [0.15, 0.2) is 42.6 Å². The summed E-state index contributed by atoms with van der Waals surface area (Å²) in [6.45, 7) is 1.91. The van der Waals surface area contributed by atoms with Crippen molar-refractivity contribution in [2.75, 3.05) is 35.8 Å². The fraction of sp³-hybridized carbons (Fsp3) is 0.333. The van der Waals surface area contributed by atoms with E-state index in [1.807, 2.05) is 0 Å². The van der Waals surface area contributed by atoms with E-state index in [-0.39, 0.29) is 23.0 Å². The first-order valence-electron chi connectivity index (χ1n) is 11.4. The molecule has 0 saturated carbocycles. The number of halogens is 3. The molecule has 2 aromatic carbocycles. The van der Waals surface area contributed by atoms with Gasteiger partial charge in [0.2, 0.25) is 10.0 Å². The molecule has 0 bridgehead atoms. The fourth-order valence-electron chi connectivity index (χ4n) is 3.87. The number of rotatable bonds is 9. The third-order valence-corrected chi connectivity index (χ3v) is 7.49. The van der Waals surface area contributed by atoms with Crippen molar-refractivity contribution in [2.24, 2.45) is 0 Å². The molecule has 1 saturated heterocycles. The van der Waals surface area contributed by atoms with Gasteiger partial charge in [0.15, 0.2) is 5.82 Å². The molecule has 192 valence electrons. The molecule has 3 aromatic rings. The quantitative estimate of drug-likeness (QED) is 0.388. The Morgan fingerprint density at radius 3 is 2.64 bits per heavy atom. The number of nitrogen functional groups attached to an aromatic ring is 1. The predicted molar refractivity (Wildman–Crippen MR) is 135 cm³/mol. The zero-order chi connectivity index (χ0) is 25.7. The van der Waals surface area contributed by atoms with Gasteiger partial charge in [0.1, 0.15) is 18.2 Å². The van der Waals surface area contributed by atoms with Crippen LogP contribution in [-0.4, -0.2) is 48.7 Å². The topological polar surface area (TPSA) is 110 Å². The van der Waals surface area contributed by atoms with Gasteiger partial charge in [-0.25, -0.2) is 27.2 Å². The summed E-state index contributed by atoms with van der Waals surface area (Å²) in [5.74, 6) is -1.67. The molecular formula is C24H26ClF2N5O3S. The largest absolute Gasteiger partial charge is 0.470 e. The molecule has 2 heterocycles. The molecule has 0 aliphatic carbocycles. The molecule has 0 unspecified atom stereocenters. The molecule has 1 fully saturated rings. The number of likely N-dealkylation sites (tertiary alicyclic amines) is 1. The number of hydrogen-bond acceptors (Lipinski definition) is 7. The van der Waals surface area contributed by atoms with Gasteiger partial charge in [0.25, 0.3) is 5.88 Å². The molecule has 1 aromatic heterocycles. The number of sulfonamides is 1. The van der Waals surface area contributed by atoms with Gasteiger partial charge >= 0.3 is 0 Å². The van der Waals surface area contributed by atoms with Crippen LogP contribution >= 0.6 is 11.6 Å². The second-order valence-corrected chi connectivity index (χ2v) is 10.7. The summed E-state index contributed by atoms with van der Waals surface area (Å²) in [6, 6.07) is 8.52. The monoisotopic (exact) mass is 537 g/mol. The Morgan fingerprint density at radius 2 is 1.86 bits per heavy atom. The van der Waals surface area contributed by atoms with Crippen molar-refractivity contribution in [1.82, 2.24) is 14.9 Å². The van der Waals surface area contributed by atoms with Crippen molar-refractivity contribution in [3.8, 4) is 17.1 Å². The second-order valence-electron chi connectivity index (χ2n) is 8.46. The average Bonchev–Trinajstić information content (AvgIpc) is 2.87. The lowest BCUT2D eigenvalue weighted by Crippen LogP contribution is -2.35. The van der Waals surface area contributed by atoms with Gasteiger partial charge in [-0.3, -0.25) is 4.72 Å². The highest BCUT2D eigenvalue weighted by Gasteiger charge is 2.17. The Labute approximate surface area is 213 Å². The van der Waals surface area contributed by atoms with Crippen LogP contribution in [0.2, 0.25) is 5.02 Å². The van der Waals surface area contributed by atoms with Gasteiger partial charge in [-0.1, -0.05) is 30.2 Å². The lowest BCUT2D eigenvalue weighted by molar-refractivity contribution is 0.241. The lowest BCUT2D eigenvalue weighted by Gasteiger charge is -2.26. The number of piperidine rings is 1. The lowest BCUT2D eigenvalue weighted by atomic mass is 10.1. The summed E-state index contributed by atoms with van der Waals surface area (Å²) in [4.78, 5) is 10.5. The number of nitrogens with zero attached hydrogens (tertiary/aromatic N) is 3. The first-order valence-corrected chi connectivity index (χ1v) is 13.5. The van der Waals surface area contributed by atoms with Crippen LogP contribution in [0.25, 0.3) is 11.3 Å². The first kappa shape index (κ1) is 26.1. The maximum absolute atomic E-state index is 14.1. The summed E-state index contributed by atoms with van der Waals surface area (Å²) < 4.78 is 61.1. The zero-order valence-corrected chi connectivity index (χ0v) is 21.0. The molecular weight excluding hydrogens is 512 g/mol. The van der Waals surface area contributed by atoms with Crippen molar-refractivity contribution in [3.63, 3.8) is 0 Å². The van der Waals surface area contributed by atoms with Crippen molar-refractivity contribution < 1.29 is 21.9 Å². The van der Waals surface area contributed by atoms with E-state index in [0.717, 1.165) is 38.1 Å². The minimum atomic E-state index is -3.55. The van der Waals surface area contributed by atoms with Crippen LogP contribution in [0, 0.1) is 11.6 Å². The average molecular weight is 538 g/mol. The van der Waals surface area contributed by atoms with Crippen LogP contribution in [0.4, 0.5) is 20.3 Å². The number of nitrogens with two attached hydrogens (primary N) is 1. The van der Waals surface area contributed by atoms with E-state index in [0.29, 0.717) is 23.5 Å². The predicted octanol–water partition coefficient (Wildman–Crippen LogP) is 4.46. The molecule has 0 amide bonds. The smallest absolute Gasteiger partial charge is 0.258 e. The molecule has 36 heavy (non-hydrogen) atoms. The van der Waals surface area contributed by atoms with E-state index >= 15 is 0 Å². The standard InChI is InChI=1S/C24H26ClF2N5O3S/c25-22-18(19(26)7-8-20(22)27)15-35-24-23(28)29-14-21(30-24)16-5-4-6-17(13-16)31-36(33,34)12-11-32-9-2-1-3-10-32/h4-8,13-14,31H,1-3,9-12,15H2,(H2,28,29). The molecule has 12 heteroatoms. The maximum atomic E-state index is 14.1. The molecule has 1 aliphatic rings. The van der Waals surface area contributed by atoms with Crippen LogP contribution in [0.5, 0.6) is 5.88 Å². The van der Waals surface area contributed by atoms with E-state index in [2.05, 4.69) is 19.6 Å². The highest BCUT2D eigenvalue weighted by molar-refractivity contribution is 7.92. The van der Waals surface area contributed by atoms with Gasteiger partial charge in [-0.15, -0.1) is 0 Å². The Kier molecular flexibility index (Phi) is 8.22. The Balaban J connectivity index is 1.46. The van der Waals surface area contributed by atoms with E-state index < -0.39 is 33.3 Å². The summed E-state index contributed by atoms with van der Waals surface area (Å²) >= 11 is 5.85. The summed E-state index contributed by atoms with van der Waals surface area (Å²) in [5.41, 5.74) is 6.95. The fourth-order valence-corrected chi connectivity index (χ4v) is 5.17. The van der Waals surface area contributed by atoms with Crippen molar-refractivity contribution in [3.05, 3.63) is 64.8 Å². The van der Waals surface area contributed by atoms with Gasteiger partial charge in [-0.05, 0) is 50.2 Å². The molecule has 0 spiro atoms. The maximum Gasteiger partial charge on any atom is 0.258 e. The molecule has 8 nitrogen and oxygen atoms in total. The minimum absolute atomic E-state index is 0.00388. The number of anilines is 2. The van der Waals surface area contributed by atoms with Crippen LogP contribution in [0.1, 0.15) is 24.8 Å². The normalized spacial score (nSPS) is 14.5. The Morgan fingerprint density at radius 1 is 1.11 bits per heavy atom. The molecule has 1 aliphatic heterocycles. The summed E-state index contributed by atoms with van der Waals surface area (Å²) in [7, 11) is -3.55. The van der Waals surface area contributed by atoms with Gasteiger partial charge in [0.05, 0.1) is 22.7 Å². The summed E-state index contributed by atoms with van der Waals surface area (Å²) in [6.07, 6.45) is 4.77. The van der Waals surface area contributed by atoms with Crippen LogP contribution in [0.3, 0.4) is 0 Å². The second kappa shape index (κ2) is 11.4. The molecule has 0 radical (unpaired) electrons. The van der Waals surface area contributed by atoms with Crippen molar-refractivity contribution in [2.45, 2.75) is 25.9 Å². The van der Waals surface area contributed by atoms with E-state index in [1.165, 1.54) is 12.6 Å². The van der Waals surface area contributed by atoms with Crippen LogP contribution < -0.4 is 15.2 Å². The number of nitrogens with one attached hydrogen (secondary N) is 1.